The first-order valence-electron chi connectivity index (χ1n) is 12.4. The summed E-state index contributed by atoms with van der Waals surface area (Å²) in [4.78, 5) is 4.91. The van der Waals surface area contributed by atoms with Gasteiger partial charge in [-0.3, -0.25) is 5.41 Å². The predicted molar refractivity (Wildman–Crippen MR) is 160 cm³/mol. The van der Waals surface area contributed by atoms with Gasteiger partial charge < -0.3 is 0 Å². The van der Waals surface area contributed by atoms with Gasteiger partial charge in [0.2, 0.25) is 0 Å². The number of nitrogens with one attached hydrogen (secondary N) is 1. The fraction of sp³-hybridized carbons (Fsp3) is 0. The Bertz CT molecular complexity index is 2050. The maximum atomic E-state index is 14.9. The third-order valence-corrected chi connectivity index (χ3v) is 7.20. The Balaban J connectivity index is 1.70. The predicted octanol–water partition coefficient (Wildman–Crippen LogP) is 7.80. The van der Waals surface area contributed by atoms with Crippen LogP contribution in [0.15, 0.2) is 89.3 Å². The fourth-order valence-corrected chi connectivity index (χ4v) is 5.37. The van der Waals surface area contributed by atoms with Crippen molar-refractivity contribution in [2.75, 3.05) is 0 Å². The maximum absolute atomic E-state index is 14.9. The third-order valence-electron chi connectivity index (χ3n) is 7.00. The number of hydrogen-bond donors (Lipinski definition) is 2. The summed E-state index contributed by atoms with van der Waals surface area (Å²) in [6.45, 7) is 0. The number of rotatable bonds is 3. The Morgan fingerprint density at radius 2 is 1.51 bits per heavy atom. The van der Waals surface area contributed by atoms with Gasteiger partial charge in [0, 0.05) is 27.6 Å². The minimum atomic E-state index is -0.874. The van der Waals surface area contributed by atoms with Gasteiger partial charge in [0.25, 0.3) is 0 Å². The summed E-state index contributed by atoms with van der Waals surface area (Å²) in [7, 11) is 0. The quantitative estimate of drug-likeness (QED) is 0.223. The lowest BCUT2D eigenvalue weighted by Gasteiger charge is -2.24. The van der Waals surface area contributed by atoms with Crippen LogP contribution in [0, 0.1) is 39.7 Å². The largest absolute Gasteiger partial charge is 0.298 e. The fourth-order valence-electron chi connectivity index (χ4n) is 5.16. The lowest BCUT2D eigenvalue weighted by Crippen LogP contribution is -2.22. The molecule has 0 fully saturated rings. The van der Waals surface area contributed by atoms with Crippen molar-refractivity contribution < 1.29 is 8.78 Å². The van der Waals surface area contributed by atoms with Gasteiger partial charge in [-0.1, -0.05) is 60.7 Å². The van der Waals surface area contributed by atoms with Crippen LogP contribution in [0.3, 0.4) is 0 Å². The van der Waals surface area contributed by atoms with Crippen LogP contribution >= 0.6 is 12.8 Å². The van der Waals surface area contributed by atoms with Gasteiger partial charge in [-0.15, -0.1) is 0 Å². The van der Waals surface area contributed by atoms with Gasteiger partial charge >= 0.3 is 0 Å². The molecule has 5 nitrogen and oxygen atoms in total. The molecule has 1 N–H and O–H groups in total. The number of fused-ring (bicyclic) bond motifs is 3. The molecule has 8 heteroatoms. The second-order valence-electron chi connectivity index (χ2n) is 9.31. The molecule has 0 spiro atoms. The molecule has 1 aliphatic carbocycles. The van der Waals surface area contributed by atoms with E-state index in [0.29, 0.717) is 50.1 Å². The monoisotopic (exact) mass is 553 g/mol. The minimum Gasteiger partial charge on any atom is -0.298 e. The molecule has 0 amide bonds. The van der Waals surface area contributed by atoms with Crippen molar-refractivity contribution in [2.24, 2.45) is 4.40 Å². The minimum absolute atomic E-state index is 0.0999. The van der Waals surface area contributed by atoms with Gasteiger partial charge in [-0.2, -0.15) is 10.5 Å². The van der Waals surface area contributed by atoms with E-state index in [4.69, 9.17) is 10.2 Å². The topological polar surface area (TPSA) is 96.7 Å². The number of pyridine rings is 1. The number of halogens is 2. The van der Waals surface area contributed by atoms with Crippen LogP contribution in [0.1, 0.15) is 27.8 Å². The first-order valence-corrected chi connectivity index (χ1v) is 12.8. The van der Waals surface area contributed by atoms with Gasteiger partial charge in [0.1, 0.15) is 17.3 Å². The number of aromatic nitrogens is 1. The van der Waals surface area contributed by atoms with Crippen molar-refractivity contribution in [3.8, 4) is 34.5 Å². The molecule has 194 valence electrons. The van der Waals surface area contributed by atoms with Crippen LogP contribution in [0.2, 0.25) is 0 Å². The number of thiol groups is 1. The molecule has 41 heavy (non-hydrogen) atoms. The number of allylic oxidation sites excluding steroid dienone is 1. The van der Waals surface area contributed by atoms with Crippen molar-refractivity contribution >= 4 is 46.8 Å². The second-order valence-corrected chi connectivity index (χ2v) is 9.51. The van der Waals surface area contributed by atoms with E-state index in [-0.39, 0.29) is 22.4 Å². The third kappa shape index (κ3) is 4.28. The first kappa shape index (κ1) is 25.8. The number of benzene rings is 4. The highest BCUT2D eigenvalue weighted by molar-refractivity contribution is 7.79. The van der Waals surface area contributed by atoms with Crippen LogP contribution in [-0.2, 0) is 0 Å². The SMILES string of the molecule is N#Cc1cc(F)c(-c2ccc3c4c(c(-c5ccccc5C#N)nc3c2)C=C(c2ccccc2)/C(=N/S)C4=N)c(F)c1. The Morgan fingerprint density at radius 3 is 2.20 bits per heavy atom. The van der Waals surface area contributed by atoms with Gasteiger partial charge in [0.15, 0.2) is 0 Å². The molecular formula is C33H17F2N5S. The van der Waals surface area contributed by atoms with E-state index < -0.39 is 11.6 Å². The zero-order chi connectivity index (χ0) is 28.7. The zero-order valence-electron chi connectivity index (χ0n) is 21.2. The van der Waals surface area contributed by atoms with E-state index in [0.717, 1.165) is 17.7 Å². The first-order chi connectivity index (χ1) is 19.9. The smallest absolute Gasteiger partial charge is 0.135 e. The molecule has 6 rings (SSSR count). The average molecular weight is 554 g/mol. The Kier molecular flexibility index (Phi) is 6.47. The van der Waals surface area contributed by atoms with E-state index in [1.807, 2.05) is 36.4 Å². The van der Waals surface area contributed by atoms with E-state index in [1.54, 1.807) is 48.5 Å². The van der Waals surface area contributed by atoms with E-state index in [9.17, 15) is 19.5 Å². The highest BCUT2D eigenvalue weighted by Crippen LogP contribution is 2.40. The summed E-state index contributed by atoms with van der Waals surface area (Å²) in [6.07, 6.45) is 1.89. The lowest BCUT2D eigenvalue weighted by molar-refractivity contribution is 0.589. The van der Waals surface area contributed by atoms with Crippen molar-refractivity contribution in [1.82, 2.24) is 4.98 Å². The maximum Gasteiger partial charge on any atom is 0.135 e. The zero-order valence-corrected chi connectivity index (χ0v) is 22.0. The molecule has 0 radical (unpaired) electrons. The van der Waals surface area contributed by atoms with Gasteiger partial charge in [-0.25, -0.2) is 18.2 Å². The van der Waals surface area contributed by atoms with Crippen LogP contribution in [-0.4, -0.2) is 16.4 Å². The van der Waals surface area contributed by atoms with Crippen molar-refractivity contribution in [3.05, 3.63) is 124 Å². The lowest BCUT2D eigenvalue weighted by atomic mass is 9.81. The Morgan fingerprint density at radius 1 is 0.805 bits per heavy atom. The number of nitrogens with zero attached hydrogens (tertiary/aromatic N) is 4. The van der Waals surface area contributed by atoms with Crippen molar-refractivity contribution in [1.29, 1.82) is 15.9 Å². The summed E-state index contributed by atoms with van der Waals surface area (Å²) < 4.78 is 34.1. The molecular weight excluding hydrogens is 536 g/mol. The van der Waals surface area contributed by atoms with E-state index in [2.05, 4.69) is 23.3 Å². The molecule has 0 bridgehead atoms. The van der Waals surface area contributed by atoms with Crippen molar-refractivity contribution in [2.45, 2.75) is 0 Å². The summed E-state index contributed by atoms with van der Waals surface area (Å²) >= 11 is 4.19. The molecule has 1 heterocycles. The van der Waals surface area contributed by atoms with Crippen molar-refractivity contribution in [3.63, 3.8) is 0 Å². The summed E-state index contributed by atoms with van der Waals surface area (Å²) in [6, 6.07) is 27.2. The Labute approximate surface area is 239 Å². The standard InChI is InChI=1S/C33H17F2N5S/c34-26-12-18(16-36)13-27(35)29(26)20-10-11-23-28(14-20)39-32(22-9-5-4-8-21(22)17-37)25-15-24(19-6-2-1-3-7-19)33(40-41)31(38)30(23)25/h1-15,38,41H/b38-31?,40-33-. The summed E-state index contributed by atoms with van der Waals surface area (Å²) in [5.41, 5.74) is 4.64. The van der Waals surface area contributed by atoms with Crippen LogP contribution < -0.4 is 0 Å². The molecule has 0 unspecified atom stereocenters. The van der Waals surface area contributed by atoms with Crippen LogP contribution in [0.4, 0.5) is 8.78 Å². The molecule has 4 aromatic carbocycles. The van der Waals surface area contributed by atoms with Crippen LogP contribution in [0.25, 0.3) is 44.9 Å². The highest BCUT2D eigenvalue weighted by atomic mass is 32.1. The van der Waals surface area contributed by atoms with Crippen LogP contribution in [0.5, 0.6) is 0 Å². The molecule has 0 saturated carbocycles. The molecule has 0 atom stereocenters. The normalized spacial score (nSPS) is 13.4. The highest BCUT2D eigenvalue weighted by Gasteiger charge is 2.29. The van der Waals surface area contributed by atoms with Gasteiger partial charge in [-0.05, 0) is 54.3 Å². The Hall–Kier alpha value is -5.44. The second kappa shape index (κ2) is 10.3. The number of nitriles is 2. The summed E-state index contributed by atoms with van der Waals surface area (Å²) in [5, 5.41) is 28.8. The number of hydrogen-bond acceptors (Lipinski definition) is 6. The molecule has 0 saturated heterocycles. The van der Waals surface area contributed by atoms with Gasteiger partial charge in [0.05, 0.1) is 45.8 Å². The molecule has 1 aliphatic rings. The summed E-state index contributed by atoms with van der Waals surface area (Å²) in [5.74, 6) is -1.75. The molecule has 1 aromatic heterocycles. The van der Waals surface area contributed by atoms with E-state index >= 15 is 0 Å². The molecule has 0 aliphatic heterocycles. The van der Waals surface area contributed by atoms with E-state index in [1.165, 1.54) is 0 Å². The average Bonchev–Trinajstić information content (AvgIpc) is 3.00. The molecule has 5 aromatic rings.